The third kappa shape index (κ3) is 5.19. The quantitative estimate of drug-likeness (QED) is 0.752. The number of likely N-dealkylation sites (tertiary alicyclic amines) is 1. The van der Waals surface area contributed by atoms with Gasteiger partial charge in [0.05, 0.1) is 18.1 Å². The van der Waals surface area contributed by atoms with Gasteiger partial charge in [0, 0.05) is 37.7 Å². The topological polar surface area (TPSA) is 66.9 Å². The Kier molecular flexibility index (Phi) is 6.55. The van der Waals surface area contributed by atoms with Crippen molar-refractivity contribution in [3.05, 3.63) is 29.3 Å². The van der Waals surface area contributed by atoms with Crippen LogP contribution in [0.1, 0.15) is 12.8 Å². The number of piperidine rings is 1. The van der Waals surface area contributed by atoms with Gasteiger partial charge >= 0.3 is 0 Å². The van der Waals surface area contributed by atoms with Crippen molar-refractivity contribution in [1.82, 2.24) is 9.80 Å². The Morgan fingerprint density at radius 1 is 1.08 bits per heavy atom. The Morgan fingerprint density at radius 3 is 2.31 bits per heavy atom. The minimum absolute atomic E-state index is 0.137. The number of morpholine rings is 1. The van der Waals surface area contributed by atoms with Crippen LogP contribution >= 0.6 is 11.6 Å². The molecule has 0 radical (unpaired) electrons. The molecule has 3 rings (SSSR count). The van der Waals surface area contributed by atoms with Crippen molar-refractivity contribution < 1.29 is 17.9 Å². The van der Waals surface area contributed by atoms with Gasteiger partial charge in [0.2, 0.25) is 5.91 Å². The summed E-state index contributed by atoms with van der Waals surface area (Å²) in [6, 6.07) is 5.94. The molecule has 0 spiro atoms. The summed E-state index contributed by atoms with van der Waals surface area (Å²) in [5.41, 5.74) is 0. The van der Waals surface area contributed by atoms with Gasteiger partial charge in [-0.25, -0.2) is 8.42 Å². The zero-order chi connectivity index (χ0) is 18.6. The minimum Gasteiger partial charge on any atom is -0.379 e. The highest BCUT2D eigenvalue weighted by Crippen LogP contribution is 2.21. The molecule has 144 valence electrons. The molecule has 1 amide bonds. The number of sulfone groups is 1. The van der Waals surface area contributed by atoms with E-state index in [9.17, 15) is 13.2 Å². The standard InChI is InChI=1S/C18H25ClN2O4S/c19-16-1-3-17(4-2-16)26(23,24)14-18(22)21-7-5-15(6-8-21)13-20-9-11-25-12-10-20/h1-4,15H,5-14H2. The van der Waals surface area contributed by atoms with Crippen molar-refractivity contribution in [3.63, 3.8) is 0 Å². The maximum absolute atomic E-state index is 12.4. The van der Waals surface area contributed by atoms with Crippen LogP contribution in [0.25, 0.3) is 0 Å². The zero-order valence-corrected chi connectivity index (χ0v) is 16.3. The van der Waals surface area contributed by atoms with Crippen LogP contribution in [0.4, 0.5) is 0 Å². The van der Waals surface area contributed by atoms with E-state index in [-0.39, 0.29) is 10.8 Å². The van der Waals surface area contributed by atoms with Gasteiger partial charge in [0.15, 0.2) is 9.84 Å². The van der Waals surface area contributed by atoms with Gasteiger partial charge in [-0.2, -0.15) is 0 Å². The predicted molar refractivity (Wildman–Crippen MR) is 100 cm³/mol. The lowest BCUT2D eigenvalue weighted by molar-refractivity contribution is -0.129. The maximum Gasteiger partial charge on any atom is 0.238 e. The predicted octanol–water partition coefficient (Wildman–Crippen LogP) is 1.68. The van der Waals surface area contributed by atoms with Crippen molar-refractivity contribution >= 4 is 27.3 Å². The van der Waals surface area contributed by atoms with E-state index in [0.29, 0.717) is 24.0 Å². The number of halogens is 1. The van der Waals surface area contributed by atoms with E-state index in [1.165, 1.54) is 24.3 Å². The van der Waals surface area contributed by atoms with E-state index in [0.717, 1.165) is 45.7 Å². The molecule has 0 aromatic heterocycles. The SMILES string of the molecule is O=C(CS(=O)(=O)c1ccc(Cl)cc1)N1CCC(CN2CCOCC2)CC1. The molecule has 0 N–H and O–H groups in total. The lowest BCUT2D eigenvalue weighted by Gasteiger charge is -2.36. The van der Waals surface area contributed by atoms with Gasteiger partial charge in [-0.1, -0.05) is 11.6 Å². The molecule has 8 heteroatoms. The lowest BCUT2D eigenvalue weighted by atomic mass is 9.96. The van der Waals surface area contributed by atoms with Crippen molar-refractivity contribution in [1.29, 1.82) is 0 Å². The fourth-order valence-corrected chi connectivity index (χ4v) is 4.84. The number of carbonyl (C=O) groups excluding carboxylic acids is 1. The zero-order valence-electron chi connectivity index (χ0n) is 14.8. The fourth-order valence-electron chi connectivity index (χ4n) is 3.49. The average Bonchev–Trinajstić information content (AvgIpc) is 2.63. The number of hydrogen-bond acceptors (Lipinski definition) is 5. The van der Waals surface area contributed by atoms with E-state index < -0.39 is 15.6 Å². The second kappa shape index (κ2) is 8.69. The second-order valence-electron chi connectivity index (χ2n) is 6.95. The van der Waals surface area contributed by atoms with Crippen molar-refractivity contribution in [2.75, 3.05) is 51.7 Å². The molecule has 0 saturated carbocycles. The van der Waals surface area contributed by atoms with Gasteiger partial charge in [-0.15, -0.1) is 0 Å². The Bertz CT molecular complexity index is 709. The summed E-state index contributed by atoms with van der Waals surface area (Å²) < 4.78 is 30.2. The molecule has 1 aromatic rings. The van der Waals surface area contributed by atoms with Crippen LogP contribution < -0.4 is 0 Å². The van der Waals surface area contributed by atoms with Crippen LogP contribution in [0.15, 0.2) is 29.2 Å². The summed E-state index contributed by atoms with van der Waals surface area (Å²) in [7, 11) is -3.63. The van der Waals surface area contributed by atoms with Crippen LogP contribution in [0, 0.1) is 5.92 Å². The van der Waals surface area contributed by atoms with E-state index in [4.69, 9.17) is 16.3 Å². The first-order chi connectivity index (χ1) is 12.4. The summed E-state index contributed by atoms with van der Waals surface area (Å²) in [5.74, 6) is -0.238. The lowest BCUT2D eigenvalue weighted by Crippen LogP contribution is -2.45. The molecular weight excluding hydrogens is 376 g/mol. The number of carbonyl (C=O) groups is 1. The molecule has 2 saturated heterocycles. The van der Waals surface area contributed by atoms with Gasteiger partial charge < -0.3 is 9.64 Å². The molecule has 0 unspecified atom stereocenters. The average molecular weight is 401 g/mol. The monoisotopic (exact) mass is 400 g/mol. The van der Waals surface area contributed by atoms with Gasteiger partial charge in [0.1, 0.15) is 5.75 Å². The fraction of sp³-hybridized carbons (Fsp3) is 0.611. The van der Waals surface area contributed by atoms with Crippen LogP contribution in [-0.4, -0.2) is 75.8 Å². The van der Waals surface area contributed by atoms with Crippen LogP contribution in [-0.2, 0) is 19.4 Å². The first kappa shape index (κ1) is 19.6. The summed E-state index contributed by atoms with van der Waals surface area (Å²) in [6.07, 6.45) is 1.84. The number of benzene rings is 1. The van der Waals surface area contributed by atoms with E-state index >= 15 is 0 Å². The molecule has 0 aliphatic carbocycles. The van der Waals surface area contributed by atoms with E-state index in [1.54, 1.807) is 4.90 Å². The first-order valence-corrected chi connectivity index (χ1v) is 11.0. The highest BCUT2D eigenvalue weighted by molar-refractivity contribution is 7.92. The van der Waals surface area contributed by atoms with Crippen LogP contribution in [0.3, 0.4) is 0 Å². The van der Waals surface area contributed by atoms with Crippen molar-refractivity contribution in [3.8, 4) is 0 Å². The largest absolute Gasteiger partial charge is 0.379 e. The van der Waals surface area contributed by atoms with E-state index in [1.807, 2.05) is 0 Å². The molecule has 2 heterocycles. The highest BCUT2D eigenvalue weighted by atomic mass is 35.5. The third-order valence-corrected chi connectivity index (χ3v) is 6.94. The van der Waals surface area contributed by atoms with Gasteiger partial charge in [-0.05, 0) is 43.0 Å². The smallest absolute Gasteiger partial charge is 0.238 e. The molecular formula is C18H25ClN2O4S. The van der Waals surface area contributed by atoms with Crippen LogP contribution in [0.2, 0.25) is 5.02 Å². The minimum atomic E-state index is -3.63. The second-order valence-corrected chi connectivity index (χ2v) is 9.38. The Hall–Kier alpha value is -1.15. The molecule has 0 atom stereocenters. The normalized spacial score (nSPS) is 20.3. The summed E-state index contributed by atoms with van der Waals surface area (Å²) in [5, 5.41) is 0.470. The first-order valence-electron chi connectivity index (χ1n) is 9.00. The molecule has 2 aliphatic heterocycles. The summed E-state index contributed by atoms with van der Waals surface area (Å²) in [4.78, 5) is 16.7. The number of amides is 1. The molecule has 1 aromatic carbocycles. The molecule has 0 bridgehead atoms. The van der Waals surface area contributed by atoms with E-state index in [2.05, 4.69) is 4.90 Å². The molecule has 2 fully saturated rings. The van der Waals surface area contributed by atoms with Crippen LogP contribution in [0.5, 0.6) is 0 Å². The van der Waals surface area contributed by atoms with Crippen molar-refractivity contribution in [2.45, 2.75) is 17.7 Å². The number of rotatable bonds is 5. The number of ether oxygens (including phenoxy) is 1. The van der Waals surface area contributed by atoms with Gasteiger partial charge in [-0.3, -0.25) is 9.69 Å². The van der Waals surface area contributed by atoms with Crippen molar-refractivity contribution in [2.24, 2.45) is 5.92 Å². The highest BCUT2D eigenvalue weighted by Gasteiger charge is 2.28. The summed E-state index contributed by atoms with van der Waals surface area (Å²) >= 11 is 5.79. The Balaban J connectivity index is 1.49. The van der Waals surface area contributed by atoms with Gasteiger partial charge in [0.25, 0.3) is 0 Å². The number of hydrogen-bond donors (Lipinski definition) is 0. The Labute approximate surface area is 160 Å². The Morgan fingerprint density at radius 2 is 1.69 bits per heavy atom. The maximum atomic E-state index is 12.4. The molecule has 6 nitrogen and oxygen atoms in total. The summed E-state index contributed by atoms with van der Waals surface area (Å²) in [6.45, 7) is 5.82. The number of nitrogens with zero attached hydrogens (tertiary/aromatic N) is 2. The molecule has 26 heavy (non-hydrogen) atoms. The third-order valence-electron chi connectivity index (χ3n) is 5.07. The molecule has 2 aliphatic rings.